The maximum Gasteiger partial charge on any atom is 0.507 e. The van der Waals surface area contributed by atoms with Gasteiger partial charge in [-0.05, 0) is 54.4 Å². The van der Waals surface area contributed by atoms with Crippen molar-refractivity contribution in [2.24, 2.45) is 0 Å². The Kier molecular flexibility index (Phi) is 15.4. The average Bonchev–Trinajstić information content (AvgIpc) is 2.78. The molecule has 2 aromatic rings. The molecule has 0 aromatic heterocycles. The molecule has 2 rings (SSSR count). The molecule has 2 aromatic carbocycles. The molecule has 0 atom stereocenters. The summed E-state index contributed by atoms with van der Waals surface area (Å²) in [5.74, 6) is -2.01. The van der Waals surface area contributed by atoms with Crippen molar-refractivity contribution >= 4 is 24.1 Å². The smallest absolute Gasteiger partial charge is 0.497 e. The monoisotopic (exact) mass is 482 g/mol. The number of carboxylic acid groups (broad SMARTS) is 3. The summed E-state index contributed by atoms with van der Waals surface area (Å²) in [6, 6.07) is 9.10. The fourth-order valence-corrected chi connectivity index (χ4v) is 2.30. The quantitative estimate of drug-likeness (QED) is 0.513. The summed E-state index contributed by atoms with van der Waals surface area (Å²) >= 11 is 0. The number of methoxy groups -OCH3 is 4. The summed E-state index contributed by atoms with van der Waals surface area (Å²) in [7, 11) is 5.49. The first-order chi connectivity index (χ1) is 15.5. The van der Waals surface area contributed by atoms with Crippen molar-refractivity contribution in [1.29, 1.82) is 0 Å². The van der Waals surface area contributed by atoms with Gasteiger partial charge in [-0.3, -0.25) is 4.79 Å². The lowest BCUT2D eigenvalue weighted by molar-refractivity contribution is -0.136. The highest BCUT2D eigenvalue weighted by Crippen LogP contribution is 2.18. The molecule has 0 amide bonds. The van der Waals surface area contributed by atoms with Crippen molar-refractivity contribution < 1.29 is 53.4 Å². The molecule has 11 nitrogen and oxygen atoms in total. The molecule has 0 saturated heterocycles. The summed E-state index contributed by atoms with van der Waals surface area (Å²) in [5.41, 5.74) is 1.24. The highest BCUT2D eigenvalue weighted by molar-refractivity contribution is 5.91. The van der Waals surface area contributed by atoms with Crippen LogP contribution in [0.2, 0.25) is 0 Å². The Morgan fingerprint density at radius 2 is 1.18 bits per heavy atom. The first-order valence-corrected chi connectivity index (χ1v) is 9.12. The van der Waals surface area contributed by atoms with Gasteiger partial charge >= 0.3 is 24.1 Å². The number of carboxylic acids is 3. The van der Waals surface area contributed by atoms with Crippen molar-refractivity contribution in [3.05, 3.63) is 58.7 Å². The number of aliphatic carboxylic acids is 1. The van der Waals surface area contributed by atoms with Gasteiger partial charge in [-0.2, -0.15) is 0 Å². The van der Waals surface area contributed by atoms with Crippen molar-refractivity contribution in [3.8, 4) is 11.5 Å². The predicted molar refractivity (Wildman–Crippen MR) is 122 cm³/mol. The Bertz CT molecular complexity index is 961. The van der Waals surface area contributed by atoms with E-state index in [1.807, 2.05) is 0 Å². The van der Waals surface area contributed by atoms with Crippen molar-refractivity contribution in [2.75, 3.05) is 28.4 Å². The van der Waals surface area contributed by atoms with E-state index in [1.165, 1.54) is 45.6 Å². The molecule has 0 radical (unpaired) electrons. The molecule has 0 saturated carbocycles. The van der Waals surface area contributed by atoms with Gasteiger partial charge in [-0.25, -0.2) is 14.4 Å². The van der Waals surface area contributed by atoms with Crippen LogP contribution < -0.4 is 9.47 Å². The molecule has 0 aliphatic heterocycles. The van der Waals surface area contributed by atoms with Gasteiger partial charge in [-0.1, -0.05) is 7.43 Å². The van der Waals surface area contributed by atoms with Crippen LogP contribution in [-0.4, -0.2) is 67.8 Å². The Morgan fingerprint density at radius 3 is 1.50 bits per heavy atom. The van der Waals surface area contributed by atoms with Gasteiger partial charge in [0.15, 0.2) is 0 Å². The third-order valence-corrected chi connectivity index (χ3v) is 3.88. The van der Waals surface area contributed by atoms with E-state index >= 15 is 0 Å². The number of benzene rings is 2. The lowest BCUT2D eigenvalue weighted by Gasteiger charge is -2.06. The minimum absolute atomic E-state index is 0. The molecule has 3 N–H and O–H groups in total. The first kappa shape index (κ1) is 31.9. The molecule has 0 aliphatic carbocycles. The zero-order valence-corrected chi connectivity index (χ0v) is 18.8. The number of aromatic carboxylic acids is 2. The number of carbonyl (C=O) groups is 4. The largest absolute Gasteiger partial charge is 0.507 e. The summed E-state index contributed by atoms with van der Waals surface area (Å²) in [6.45, 7) is 1.74. The minimum atomic E-state index is -1.14. The van der Waals surface area contributed by atoms with E-state index in [1.54, 1.807) is 26.2 Å². The standard InChI is InChI=1S/C10H10O5.C9H10O3.C3H6O3.CH4/c1-15-7-2-3-8(10(13)14)6(4-7)5-9(11)12;1-6-5-7(12-2)3-4-8(6)9(10)11;1-5-3(4)6-2;/h2-4H,5H2,1H3,(H,11,12)(H,13,14);3-5H,1-2H3,(H,10,11);1-2H3;1H4. The van der Waals surface area contributed by atoms with E-state index < -0.39 is 24.1 Å². The van der Waals surface area contributed by atoms with E-state index in [-0.39, 0.29) is 25.0 Å². The molecular weight excluding hydrogens is 452 g/mol. The summed E-state index contributed by atoms with van der Waals surface area (Å²) < 4.78 is 17.9. The van der Waals surface area contributed by atoms with E-state index in [2.05, 4.69) is 9.47 Å². The van der Waals surface area contributed by atoms with Crippen LogP contribution in [0.4, 0.5) is 4.79 Å². The van der Waals surface area contributed by atoms with E-state index in [0.29, 0.717) is 22.6 Å². The molecule has 34 heavy (non-hydrogen) atoms. The highest BCUT2D eigenvalue weighted by Gasteiger charge is 2.13. The topological polar surface area (TPSA) is 166 Å². The number of rotatable bonds is 6. The van der Waals surface area contributed by atoms with Crippen molar-refractivity contribution in [3.63, 3.8) is 0 Å². The fourth-order valence-electron chi connectivity index (χ4n) is 2.30. The third-order valence-electron chi connectivity index (χ3n) is 3.88. The first-order valence-electron chi connectivity index (χ1n) is 9.12. The number of carbonyl (C=O) groups excluding carboxylic acids is 1. The third kappa shape index (κ3) is 11.4. The minimum Gasteiger partial charge on any atom is -0.497 e. The van der Waals surface area contributed by atoms with Crippen LogP contribution in [-0.2, 0) is 20.7 Å². The maximum absolute atomic E-state index is 10.8. The predicted octanol–water partition coefficient (Wildman–Crippen LogP) is 3.76. The molecule has 0 heterocycles. The normalized spacial score (nSPS) is 8.85. The van der Waals surface area contributed by atoms with Crippen LogP contribution in [0.1, 0.15) is 39.3 Å². The van der Waals surface area contributed by atoms with Gasteiger partial charge < -0.3 is 34.3 Å². The van der Waals surface area contributed by atoms with Crippen molar-refractivity contribution in [1.82, 2.24) is 0 Å². The van der Waals surface area contributed by atoms with Gasteiger partial charge in [0, 0.05) is 0 Å². The van der Waals surface area contributed by atoms with Crippen LogP contribution in [0, 0.1) is 6.92 Å². The molecule has 0 fully saturated rings. The summed E-state index contributed by atoms with van der Waals surface area (Å²) in [4.78, 5) is 41.6. The highest BCUT2D eigenvalue weighted by atomic mass is 16.7. The number of hydrogen-bond acceptors (Lipinski definition) is 8. The molecule has 188 valence electrons. The second-order valence-corrected chi connectivity index (χ2v) is 6.04. The van der Waals surface area contributed by atoms with E-state index in [4.69, 9.17) is 24.8 Å². The number of ether oxygens (including phenoxy) is 4. The van der Waals surface area contributed by atoms with E-state index in [0.717, 1.165) is 0 Å². The molecule has 11 heteroatoms. The van der Waals surface area contributed by atoms with Crippen LogP contribution >= 0.6 is 0 Å². The zero-order chi connectivity index (χ0) is 25.6. The maximum atomic E-state index is 10.8. The molecule has 0 aliphatic rings. The second-order valence-electron chi connectivity index (χ2n) is 6.04. The summed E-state index contributed by atoms with van der Waals surface area (Å²) in [6.07, 6.45) is -0.992. The summed E-state index contributed by atoms with van der Waals surface area (Å²) in [5, 5.41) is 26.1. The SMILES string of the molecule is C.COC(=O)OC.COc1ccc(C(=O)O)c(C)c1.COc1ccc(C(=O)O)c(CC(=O)O)c1. The van der Waals surface area contributed by atoms with Crippen molar-refractivity contribution in [2.45, 2.75) is 20.8 Å². The lowest BCUT2D eigenvalue weighted by Crippen LogP contribution is -2.08. The Labute approximate surface area is 197 Å². The van der Waals surface area contributed by atoms with Crippen LogP contribution in [0.15, 0.2) is 36.4 Å². The van der Waals surface area contributed by atoms with Gasteiger partial charge in [0.1, 0.15) is 11.5 Å². The van der Waals surface area contributed by atoms with Gasteiger partial charge in [0.25, 0.3) is 0 Å². The van der Waals surface area contributed by atoms with Crippen LogP contribution in [0.3, 0.4) is 0 Å². The van der Waals surface area contributed by atoms with Crippen LogP contribution in [0.5, 0.6) is 11.5 Å². The fraction of sp³-hybridized carbons (Fsp3) is 0.304. The Morgan fingerprint density at radius 1 is 0.735 bits per heavy atom. The number of aryl methyl sites for hydroxylation is 1. The average molecular weight is 482 g/mol. The number of hydrogen-bond donors (Lipinski definition) is 3. The molecule has 0 unspecified atom stereocenters. The van der Waals surface area contributed by atoms with Gasteiger partial charge in [0.05, 0.1) is 46.0 Å². The second kappa shape index (κ2) is 16.4. The Hall–Kier alpha value is -4.28. The molecule has 0 spiro atoms. The molecule has 0 bridgehead atoms. The zero-order valence-electron chi connectivity index (χ0n) is 18.8. The van der Waals surface area contributed by atoms with Gasteiger partial charge in [-0.15, -0.1) is 0 Å². The Balaban J connectivity index is 0. The van der Waals surface area contributed by atoms with Crippen LogP contribution in [0.25, 0.3) is 0 Å². The lowest BCUT2D eigenvalue weighted by atomic mass is 10.0. The molecular formula is C23H30O11. The van der Waals surface area contributed by atoms with E-state index in [9.17, 15) is 19.2 Å². The van der Waals surface area contributed by atoms with Gasteiger partial charge in [0.2, 0.25) is 0 Å².